The smallest absolute Gasteiger partial charge is 0.321 e. The summed E-state index contributed by atoms with van der Waals surface area (Å²) < 4.78 is 0. The van der Waals surface area contributed by atoms with Crippen molar-refractivity contribution in [1.82, 2.24) is 20.1 Å². The van der Waals surface area contributed by atoms with Crippen LogP contribution in [-0.2, 0) is 4.79 Å². The van der Waals surface area contributed by atoms with Gasteiger partial charge in [-0.2, -0.15) is 0 Å². The lowest BCUT2D eigenvalue weighted by atomic mass is 9.94. The van der Waals surface area contributed by atoms with E-state index in [1.165, 1.54) is 0 Å². The minimum atomic E-state index is -0.164. The number of likely N-dealkylation sites (tertiary alicyclic amines) is 1. The number of benzene rings is 1. The Morgan fingerprint density at radius 2 is 1.97 bits per heavy atom. The van der Waals surface area contributed by atoms with Crippen LogP contribution in [0.1, 0.15) is 24.4 Å². The number of anilines is 1. The molecule has 152 valence electrons. The maximum Gasteiger partial charge on any atom is 0.321 e. The van der Waals surface area contributed by atoms with Crippen molar-refractivity contribution >= 4 is 17.6 Å². The molecular formula is C22H27N5O2. The highest BCUT2D eigenvalue weighted by Gasteiger charge is 2.35. The fourth-order valence-electron chi connectivity index (χ4n) is 4.16. The van der Waals surface area contributed by atoms with E-state index in [0.717, 1.165) is 37.2 Å². The molecule has 4 rings (SSSR count). The fourth-order valence-corrected chi connectivity index (χ4v) is 4.16. The van der Waals surface area contributed by atoms with E-state index < -0.39 is 0 Å². The molecule has 29 heavy (non-hydrogen) atoms. The Balaban J connectivity index is 1.43. The Kier molecular flexibility index (Phi) is 6.05. The number of carbonyl (C=O) groups excluding carboxylic acids is 2. The number of nitrogens with zero attached hydrogens (tertiary/aromatic N) is 3. The molecule has 1 aromatic carbocycles. The van der Waals surface area contributed by atoms with Gasteiger partial charge in [0.15, 0.2) is 0 Å². The maximum absolute atomic E-state index is 13.4. The number of rotatable bonds is 3. The van der Waals surface area contributed by atoms with Gasteiger partial charge in [-0.25, -0.2) is 4.79 Å². The zero-order valence-electron chi connectivity index (χ0n) is 16.5. The Morgan fingerprint density at radius 1 is 1.10 bits per heavy atom. The molecule has 0 aliphatic carbocycles. The molecule has 2 N–H and O–H groups in total. The Bertz CT molecular complexity index is 830. The van der Waals surface area contributed by atoms with E-state index in [9.17, 15) is 9.59 Å². The van der Waals surface area contributed by atoms with Crippen molar-refractivity contribution in [3.8, 4) is 0 Å². The number of aromatic nitrogens is 1. The van der Waals surface area contributed by atoms with Gasteiger partial charge in [-0.15, -0.1) is 0 Å². The highest BCUT2D eigenvalue weighted by molar-refractivity contribution is 5.90. The highest BCUT2D eigenvalue weighted by atomic mass is 16.2. The quantitative estimate of drug-likeness (QED) is 0.840. The number of piperidine rings is 1. The van der Waals surface area contributed by atoms with Crippen molar-refractivity contribution in [2.45, 2.75) is 18.9 Å². The summed E-state index contributed by atoms with van der Waals surface area (Å²) in [5.41, 5.74) is 1.81. The van der Waals surface area contributed by atoms with Crippen LogP contribution in [0.5, 0.6) is 0 Å². The van der Waals surface area contributed by atoms with Gasteiger partial charge in [0.1, 0.15) is 0 Å². The normalized spacial score (nSPS) is 22.2. The Hall–Kier alpha value is -2.93. The summed E-state index contributed by atoms with van der Waals surface area (Å²) in [6.45, 7) is 3.32. The van der Waals surface area contributed by atoms with E-state index in [-0.39, 0.29) is 23.9 Å². The molecule has 2 aliphatic rings. The number of para-hydroxylation sites is 1. The first-order valence-corrected chi connectivity index (χ1v) is 10.2. The molecular weight excluding hydrogens is 366 g/mol. The second-order valence-corrected chi connectivity index (χ2v) is 7.62. The van der Waals surface area contributed by atoms with Crippen LogP contribution in [0.3, 0.4) is 0 Å². The second-order valence-electron chi connectivity index (χ2n) is 7.62. The molecule has 0 spiro atoms. The van der Waals surface area contributed by atoms with E-state index in [1.807, 2.05) is 53.6 Å². The number of carbonyl (C=O) groups is 2. The molecule has 3 heterocycles. The summed E-state index contributed by atoms with van der Waals surface area (Å²) in [7, 11) is 0. The topological polar surface area (TPSA) is 77.6 Å². The molecule has 2 aliphatic heterocycles. The van der Waals surface area contributed by atoms with Crippen molar-refractivity contribution in [3.63, 3.8) is 0 Å². The average molecular weight is 393 g/mol. The van der Waals surface area contributed by atoms with Crippen molar-refractivity contribution < 1.29 is 9.59 Å². The summed E-state index contributed by atoms with van der Waals surface area (Å²) in [4.78, 5) is 34.0. The number of hydrogen-bond acceptors (Lipinski definition) is 4. The van der Waals surface area contributed by atoms with Crippen LogP contribution in [0.4, 0.5) is 10.5 Å². The van der Waals surface area contributed by atoms with Crippen molar-refractivity contribution in [1.29, 1.82) is 0 Å². The van der Waals surface area contributed by atoms with Crippen LogP contribution < -0.4 is 10.6 Å². The number of urea groups is 1. The SMILES string of the molecule is O=C(Nc1ccccc1)N1CCCC(C(=O)N2CCNCC2c2cccnc2)C1. The lowest BCUT2D eigenvalue weighted by Crippen LogP contribution is -2.53. The zero-order chi connectivity index (χ0) is 20.1. The van der Waals surface area contributed by atoms with Crippen LogP contribution in [-0.4, -0.2) is 59.4 Å². The maximum atomic E-state index is 13.4. The summed E-state index contributed by atoms with van der Waals surface area (Å²) in [5, 5.41) is 6.31. The van der Waals surface area contributed by atoms with Gasteiger partial charge in [-0.3, -0.25) is 9.78 Å². The van der Waals surface area contributed by atoms with Crippen molar-refractivity contribution in [3.05, 3.63) is 60.4 Å². The predicted molar refractivity (Wildman–Crippen MR) is 111 cm³/mol. The molecule has 2 saturated heterocycles. The van der Waals surface area contributed by atoms with Gasteiger partial charge in [-0.05, 0) is 36.6 Å². The summed E-state index contributed by atoms with van der Waals surface area (Å²) >= 11 is 0. The fraction of sp³-hybridized carbons (Fsp3) is 0.409. The third-order valence-electron chi connectivity index (χ3n) is 5.68. The van der Waals surface area contributed by atoms with E-state index in [1.54, 1.807) is 11.1 Å². The highest BCUT2D eigenvalue weighted by Crippen LogP contribution is 2.27. The van der Waals surface area contributed by atoms with Crippen LogP contribution in [0, 0.1) is 5.92 Å². The van der Waals surface area contributed by atoms with E-state index in [0.29, 0.717) is 19.6 Å². The molecule has 0 saturated carbocycles. The molecule has 0 bridgehead atoms. The first-order valence-electron chi connectivity index (χ1n) is 10.2. The molecule has 1 aromatic heterocycles. The minimum absolute atomic E-state index is 0.0153. The molecule has 7 heteroatoms. The molecule has 2 fully saturated rings. The van der Waals surface area contributed by atoms with Crippen LogP contribution >= 0.6 is 0 Å². The van der Waals surface area contributed by atoms with Gasteiger partial charge in [0, 0.05) is 50.8 Å². The van der Waals surface area contributed by atoms with Crippen LogP contribution in [0.15, 0.2) is 54.9 Å². The minimum Gasteiger partial charge on any atom is -0.333 e. The monoisotopic (exact) mass is 393 g/mol. The third-order valence-corrected chi connectivity index (χ3v) is 5.68. The van der Waals surface area contributed by atoms with E-state index in [4.69, 9.17) is 0 Å². The van der Waals surface area contributed by atoms with Crippen LogP contribution in [0.2, 0.25) is 0 Å². The molecule has 0 radical (unpaired) electrons. The van der Waals surface area contributed by atoms with Crippen LogP contribution in [0.25, 0.3) is 0 Å². The molecule has 7 nitrogen and oxygen atoms in total. The summed E-state index contributed by atoms with van der Waals surface area (Å²) in [6.07, 6.45) is 5.23. The van der Waals surface area contributed by atoms with E-state index in [2.05, 4.69) is 15.6 Å². The van der Waals surface area contributed by atoms with Gasteiger partial charge >= 0.3 is 6.03 Å². The van der Waals surface area contributed by atoms with Crippen molar-refractivity contribution in [2.24, 2.45) is 5.92 Å². The predicted octanol–water partition coefficient (Wildman–Crippen LogP) is 2.50. The molecule has 3 amide bonds. The lowest BCUT2D eigenvalue weighted by molar-refractivity contribution is -0.140. The Labute approximate surface area is 171 Å². The van der Waals surface area contributed by atoms with Gasteiger partial charge < -0.3 is 20.4 Å². The average Bonchev–Trinajstić information content (AvgIpc) is 2.80. The standard InChI is InChI=1S/C22H27N5O2/c28-21(27-13-11-24-15-20(27)17-6-4-10-23-14-17)18-7-5-12-26(16-18)22(29)25-19-8-2-1-3-9-19/h1-4,6,8-10,14,18,20,24H,5,7,11-13,15-16H2,(H,25,29). The molecule has 2 unspecified atom stereocenters. The molecule has 2 aromatic rings. The van der Waals surface area contributed by atoms with Crippen molar-refractivity contribution in [2.75, 3.05) is 38.0 Å². The number of pyridine rings is 1. The summed E-state index contributed by atoms with van der Waals surface area (Å²) in [5.74, 6) is -0.0277. The number of amides is 3. The first-order chi connectivity index (χ1) is 14.2. The van der Waals surface area contributed by atoms with Gasteiger partial charge in [0.25, 0.3) is 0 Å². The van der Waals surface area contributed by atoms with E-state index >= 15 is 0 Å². The number of piperazine rings is 1. The second kappa shape index (κ2) is 9.05. The lowest BCUT2D eigenvalue weighted by Gasteiger charge is -2.40. The molecule has 2 atom stereocenters. The van der Waals surface area contributed by atoms with Gasteiger partial charge in [0.2, 0.25) is 5.91 Å². The largest absolute Gasteiger partial charge is 0.333 e. The van der Waals surface area contributed by atoms with Gasteiger partial charge in [0.05, 0.1) is 12.0 Å². The number of nitrogens with one attached hydrogen (secondary N) is 2. The van der Waals surface area contributed by atoms with Gasteiger partial charge in [-0.1, -0.05) is 24.3 Å². The summed E-state index contributed by atoms with van der Waals surface area (Å²) in [6, 6.07) is 13.2. The first kappa shape index (κ1) is 19.4. The number of hydrogen-bond donors (Lipinski definition) is 2. The zero-order valence-corrected chi connectivity index (χ0v) is 16.5. The Morgan fingerprint density at radius 3 is 2.76 bits per heavy atom. The third kappa shape index (κ3) is 4.56.